The van der Waals surface area contributed by atoms with Crippen molar-refractivity contribution < 1.29 is 9.48 Å². The zero-order valence-corrected chi connectivity index (χ0v) is 13.3. The lowest BCUT2D eigenvalue weighted by Crippen LogP contribution is -2.30. The molecule has 108 valence electrons. The molecule has 0 unspecified atom stereocenters. The van der Waals surface area contributed by atoms with E-state index in [0.717, 1.165) is 17.6 Å². The Kier molecular flexibility index (Phi) is 3.50. The highest BCUT2D eigenvalue weighted by Gasteiger charge is 2.20. The second-order valence-electron chi connectivity index (χ2n) is 4.70. The van der Waals surface area contributed by atoms with Crippen LogP contribution in [0.3, 0.4) is 0 Å². The number of H-pyrrole nitrogens is 1. The van der Waals surface area contributed by atoms with Crippen LogP contribution in [-0.2, 0) is 13.6 Å². The van der Waals surface area contributed by atoms with Crippen LogP contribution in [0.25, 0.3) is 11.0 Å². The molecule has 21 heavy (non-hydrogen) atoms. The van der Waals surface area contributed by atoms with Gasteiger partial charge in [-0.3, -0.25) is 10.1 Å². The Morgan fingerprint density at radius 1 is 1.48 bits per heavy atom. The Labute approximate surface area is 129 Å². The molecule has 2 heterocycles. The largest absolute Gasteiger partial charge is 0.310 e. The number of amides is 1. The maximum atomic E-state index is 12.4. The topological polar surface area (TPSA) is 66.6 Å². The number of fused-ring (bicyclic) bond motifs is 1. The second-order valence-corrected chi connectivity index (χ2v) is 5.55. The lowest BCUT2D eigenvalue weighted by molar-refractivity contribution is -0.727. The number of nitrogens with zero attached hydrogens (tertiary/aromatic N) is 3. The highest BCUT2D eigenvalue weighted by molar-refractivity contribution is 9.10. The van der Waals surface area contributed by atoms with Crippen molar-refractivity contribution in [3.05, 3.63) is 40.6 Å². The zero-order valence-electron chi connectivity index (χ0n) is 11.7. The molecule has 0 aliphatic carbocycles. The predicted molar refractivity (Wildman–Crippen MR) is 83.0 cm³/mol. The predicted octanol–water partition coefficient (Wildman–Crippen LogP) is 2.22. The van der Waals surface area contributed by atoms with Crippen LogP contribution in [-0.4, -0.2) is 20.6 Å². The molecule has 2 N–H and O–H groups in total. The third-order valence-electron chi connectivity index (χ3n) is 3.26. The van der Waals surface area contributed by atoms with E-state index in [0.29, 0.717) is 16.1 Å². The summed E-state index contributed by atoms with van der Waals surface area (Å²) in [4.78, 5) is 16.8. The summed E-state index contributed by atoms with van der Waals surface area (Å²) >= 11 is 3.36. The minimum Gasteiger partial charge on any atom is -0.310 e. The molecule has 7 heteroatoms. The Bertz CT molecular complexity index is 820. The maximum absolute atomic E-state index is 12.4. The lowest BCUT2D eigenvalue weighted by atomic mass is 10.3. The number of para-hydroxylation sites is 2. The van der Waals surface area contributed by atoms with Gasteiger partial charge in [0, 0.05) is 6.54 Å². The first-order valence-corrected chi connectivity index (χ1v) is 7.40. The molecule has 0 atom stereocenters. The van der Waals surface area contributed by atoms with Crippen molar-refractivity contribution in [1.82, 2.24) is 14.6 Å². The van der Waals surface area contributed by atoms with Gasteiger partial charge in [-0.15, -0.1) is 4.68 Å². The number of aromatic nitrogens is 4. The van der Waals surface area contributed by atoms with Crippen molar-refractivity contribution in [2.45, 2.75) is 13.5 Å². The molecule has 3 rings (SSSR count). The minimum absolute atomic E-state index is 0.229. The fourth-order valence-electron chi connectivity index (χ4n) is 2.31. The average molecular weight is 349 g/mol. The lowest BCUT2D eigenvalue weighted by Gasteiger charge is -2.06. The van der Waals surface area contributed by atoms with E-state index in [2.05, 4.69) is 31.3 Å². The van der Waals surface area contributed by atoms with Crippen LogP contribution in [0.15, 0.2) is 34.9 Å². The van der Waals surface area contributed by atoms with Crippen molar-refractivity contribution in [3.8, 4) is 0 Å². The molecule has 0 aliphatic rings. The average Bonchev–Trinajstić information content (AvgIpc) is 2.97. The third kappa shape index (κ3) is 2.44. The van der Waals surface area contributed by atoms with Gasteiger partial charge in [0.15, 0.2) is 12.7 Å². The van der Waals surface area contributed by atoms with E-state index in [1.165, 1.54) is 0 Å². The molecule has 0 bridgehead atoms. The summed E-state index contributed by atoms with van der Waals surface area (Å²) in [6.45, 7) is 2.75. The van der Waals surface area contributed by atoms with Gasteiger partial charge in [0.1, 0.15) is 4.47 Å². The molecule has 1 amide bonds. The number of carbonyl (C=O) groups is 1. The fourth-order valence-corrected chi connectivity index (χ4v) is 2.89. The smallest absolute Gasteiger partial charge is 0.281 e. The molecule has 0 spiro atoms. The number of rotatable bonds is 3. The van der Waals surface area contributed by atoms with Crippen LogP contribution in [0, 0.1) is 0 Å². The summed E-state index contributed by atoms with van der Waals surface area (Å²) in [6.07, 6.45) is 1.79. The summed E-state index contributed by atoms with van der Waals surface area (Å²) in [5.41, 5.74) is 2.34. The molecule has 0 aliphatic heterocycles. The first kappa shape index (κ1) is 13.8. The summed E-state index contributed by atoms with van der Waals surface area (Å²) in [6, 6.07) is 7.82. The number of benzene rings is 1. The van der Waals surface area contributed by atoms with E-state index < -0.39 is 0 Å². The van der Waals surface area contributed by atoms with Gasteiger partial charge in [-0.1, -0.05) is 12.1 Å². The van der Waals surface area contributed by atoms with Crippen molar-refractivity contribution in [1.29, 1.82) is 0 Å². The van der Waals surface area contributed by atoms with Gasteiger partial charge in [0.25, 0.3) is 5.91 Å². The van der Waals surface area contributed by atoms with Crippen molar-refractivity contribution in [2.75, 3.05) is 5.32 Å². The molecular weight excluding hydrogens is 334 g/mol. The number of imidazole rings is 1. The molecule has 6 nitrogen and oxygen atoms in total. The molecule has 2 aromatic heterocycles. The summed E-state index contributed by atoms with van der Waals surface area (Å²) in [7, 11) is 1.82. The van der Waals surface area contributed by atoms with E-state index in [4.69, 9.17) is 0 Å². The number of hydrogen-bond acceptors (Lipinski definition) is 2. The fraction of sp³-hybridized carbons (Fsp3) is 0.214. The number of anilines is 1. The van der Waals surface area contributed by atoms with Gasteiger partial charge in [0.2, 0.25) is 12.1 Å². The second kappa shape index (κ2) is 5.33. The van der Waals surface area contributed by atoms with Crippen molar-refractivity contribution in [2.24, 2.45) is 7.05 Å². The van der Waals surface area contributed by atoms with E-state index in [1.54, 1.807) is 10.9 Å². The standard InChI is InChI=1S/C14H14BrN5O/c1-3-20-11-7-5-4-6-10(11)16-14(20)17-13(21)12-9(15)8-19(2)18-12/h4-8H,3H2,1-2H3,(H,16,17,21)/p+1. The van der Waals surface area contributed by atoms with Gasteiger partial charge < -0.3 is 4.57 Å². The monoisotopic (exact) mass is 348 g/mol. The number of hydrogen-bond donors (Lipinski definition) is 2. The summed E-state index contributed by atoms with van der Waals surface area (Å²) in [5.74, 6) is 0.320. The SMILES string of the molecule is CCn1c(NC(=O)c2[nH][n+](C)cc2Br)nc2ccccc21. The Balaban J connectivity index is 1.98. The molecule has 0 saturated heterocycles. The van der Waals surface area contributed by atoms with E-state index in [9.17, 15) is 4.79 Å². The van der Waals surface area contributed by atoms with Crippen LogP contribution in [0.2, 0.25) is 0 Å². The first-order valence-electron chi connectivity index (χ1n) is 6.61. The van der Waals surface area contributed by atoms with Gasteiger partial charge in [-0.05, 0) is 35.0 Å². The zero-order chi connectivity index (χ0) is 15.0. The Morgan fingerprint density at radius 3 is 2.90 bits per heavy atom. The molecule has 1 aromatic carbocycles. The summed E-state index contributed by atoms with van der Waals surface area (Å²) < 4.78 is 4.40. The normalized spacial score (nSPS) is 11.0. The van der Waals surface area contributed by atoms with E-state index in [-0.39, 0.29) is 5.91 Å². The molecule has 3 aromatic rings. The maximum Gasteiger partial charge on any atom is 0.281 e. The quantitative estimate of drug-likeness (QED) is 0.712. The van der Waals surface area contributed by atoms with Gasteiger partial charge in [-0.2, -0.15) is 5.10 Å². The van der Waals surface area contributed by atoms with Crippen molar-refractivity contribution in [3.63, 3.8) is 0 Å². The molecule has 0 saturated carbocycles. The number of halogens is 1. The highest BCUT2D eigenvalue weighted by Crippen LogP contribution is 2.20. The highest BCUT2D eigenvalue weighted by atomic mass is 79.9. The number of aromatic amines is 1. The molecule has 0 fully saturated rings. The van der Waals surface area contributed by atoms with Gasteiger partial charge in [0.05, 0.1) is 11.0 Å². The summed E-state index contributed by atoms with van der Waals surface area (Å²) in [5, 5.41) is 5.82. The number of carbonyl (C=O) groups excluding carboxylic acids is 1. The number of nitrogens with one attached hydrogen (secondary N) is 2. The van der Waals surface area contributed by atoms with E-state index in [1.807, 2.05) is 42.8 Å². The van der Waals surface area contributed by atoms with Crippen LogP contribution >= 0.6 is 15.9 Å². The molecule has 0 radical (unpaired) electrons. The first-order chi connectivity index (χ1) is 10.1. The van der Waals surface area contributed by atoms with Crippen molar-refractivity contribution >= 4 is 38.8 Å². The van der Waals surface area contributed by atoms with Gasteiger partial charge in [-0.25, -0.2) is 4.98 Å². The minimum atomic E-state index is -0.229. The van der Waals surface area contributed by atoms with Crippen LogP contribution in [0.5, 0.6) is 0 Å². The Morgan fingerprint density at radius 2 is 2.24 bits per heavy atom. The van der Waals surface area contributed by atoms with E-state index >= 15 is 0 Å². The number of aryl methyl sites for hydroxylation is 2. The van der Waals surface area contributed by atoms with Gasteiger partial charge >= 0.3 is 0 Å². The molecular formula is C14H15BrN5O+. The van der Waals surface area contributed by atoms with Crippen LogP contribution in [0.1, 0.15) is 17.4 Å². The third-order valence-corrected chi connectivity index (χ3v) is 3.86. The van der Waals surface area contributed by atoms with Crippen LogP contribution < -0.4 is 10.00 Å². The Hall–Kier alpha value is -2.15. The van der Waals surface area contributed by atoms with Crippen LogP contribution in [0.4, 0.5) is 5.95 Å².